The summed E-state index contributed by atoms with van der Waals surface area (Å²) in [6.07, 6.45) is 6.36. The van der Waals surface area contributed by atoms with Gasteiger partial charge in [0.1, 0.15) is 5.82 Å². The van der Waals surface area contributed by atoms with Crippen LogP contribution in [-0.4, -0.2) is 45.6 Å². The highest BCUT2D eigenvalue weighted by Crippen LogP contribution is 2.21. The summed E-state index contributed by atoms with van der Waals surface area (Å²) in [5.41, 5.74) is 6.73. The fourth-order valence-corrected chi connectivity index (χ4v) is 4.81. The minimum atomic E-state index is -3.42. The van der Waals surface area contributed by atoms with E-state index in [-0.39, 0.29) is 5.95 Å². The Bertz CT molecular complexity index is 1060. The molecule has 1 aliphatic rings. The van der Waals surface area contributed by atoms with Crippen molar-refractivity contribution in [1.82, 2.24) is 24.1 Å². The van der Waals surface area contributed by atoms with E-state index in [1.54, 1.807) is 45.6 Å². The average molecular weight is 414 g/mol. The number of anilines is 2. The molecule has 4 rings (SSSR count). The van der Waals surface area contributed by atoms with Crippen LogP contribution in [0.25, 0.3) is 5.82 Å². The number of piperidine rings is 1. The fraction of sp³-hybridized carbons (Fsp3) is 0.316. The van der Waals surface area contributed by atoms with Crippen molar-refractivity contribution in [2.75, 3.05) is 24.1 Å². The minimum Gasteiger partial charge on any atom is -0.368 e. The third kappa shape index (κ3) is 4.38. The summed E-state index contributed by atoms with van der Waals surface area (Å²) in [5, 5.41) is 7.33. The number of aromatic nitrogens is 4. The molecule has 10 heteroatoms. The molecule has 1 aliphatic heterocycles. The van der Waals surface area contributed by atoms with E-state index >= 15 is 0 Å². The molecular formula is C19H23N7O2S. The van der Waals surface area contributed by atoms with Gasteiger partial charge in [-0.25, -0.2) is 13.1 Å². The Kier molecular flexibility index (Phi) is 5.45. The van der Waals surface area contributed by atoms with Crippen molar-refractivity contribution in [3.63, 3.8) is 0 Å². The quantitative estimate of drug-likeness (QED) is 0.634. The van der Waals surface area contributed by atoms with E-state index in [0.29, 0.717) is 36.2 Å². The summed E-state index contributed by atoms with van der Waals surface area (Å²) >= 11 is 0. The lowest BCUT2D eigenvalue weighted by atomic mass is 10.2. The smallest absolute Gasteiger partial charge is 0.243 e. The normalized spacial score (nSPS) is 15.3. The van der Waals surface area contributed by atoms with Gasteiger partial charge < -0.3 is 11.1 Å². The van der Waals surface area contributed by atoms with Crippen molar-refractivity contribution in [3.8, 4) is 5.82 Å². The maximum atomic E-state index is 12.7. The second kappa shape index (κ2) is 8.18. The van der Waals surface area contributed by atoms with Crippen molar-refractivity contribution in [3.05, 3.63) is 54.4 Å². The number of benzene rings is 1. The molecule has 1 aromatic carbocycles. The highest BCUT2D eigenvalue weighted by molar-refractivity contribution is 7.89. The Morgan fingerprint density at radius 1 is 1.07 bits per heavy atom. The van der Waals surface area contributed by atoms with E-state index in [2.05, 4.69) is 20.4 Å². The summed E-state index contributed by atoms with van der Waals surface area (Å²) in [6.45, 7) is 1.66. The Balaban J connectivity index is 1.45. The molecule has 0 atom stereocenters. The molecule has 152 valence electrons. The lowest BCUT2D eigenvalue weighted by Gasteiger charge is -2.25. The first-order chi connectivity index (χ1) is 14.0. The van der Waals surface area contributed by atoms with Crippen LogP contribution in [0.5, 0.6) is 0 Å². The lowest BCUT2D eigenvalue weighted by molar-refractivity contribution is 0.346. The zero-order chi connectivity index (χ0) is 20.3. The van der Waals surface area contributed by atoms with E-state index in [1.165, 1.54) is 0 Å². The largest absolute Gasteiger partial charge is 0.368 e. The molecule has 29 heavy (non-hydrogen) atoms. The summed E-state index contributed by atoms with van der Waals surface area (Å²) < 4.78 is 28.6. The van der Waals surface area contributed by atoms with Gasteiger partial charge in [0, 0.05) is 38.1 Å². The first-order valence-electron chi connectivity index (χ1n) is 9.50. The van der Waals surface area contributed by atoms with Crippen LogP contribution in [0.1, 0.15) is 24.8 Å². The molecule has 1 saturated heterocycles. The van der Waals surface area contributed by atoms with Gasteiger partial charge in [-0.05, 0) is 36.6 Å². The van der Waals surface area contributed by atoms with Gasteiger partial charge in [-0.1, -0.05) is 18.6 Å². The zero-order valence-electron chi connectivity index (χ0n) is 15.9. The van der Waals surface area contributed by atoms with E-state index in [4.69, 9.17) is 5.73 Å². The fourth-order valence-electron chi connectivity index (χ4n) is 3.29. The van der Waals surface area contributed by atoms with Crippen molar-refractivity contribution < 1.29 is 8.42 Å². The van der Waals surface area contributed by atoms with Crippen molar-refractivity contribution in [1.29, 1.82) is 0 Å². The van der Waals surface area contributed by atoms with Gasteiger partial charge in [-0.15, -0.1) is 0 Å². The monoisotopic (exact) mass is 413 g/mol. The molecule has 0 radical (unpaired) electrons. The second-order valence-corrected chi connectivity index (χ2v) is 8.82. The summed E-state index contributed by atoms with van der Waals surface area (Å²) in [6, 6.07) is 10.5. The molecule has 0 unspecified atom stereocenters. The topological polar surface area (TPSA) is 119 Å². The standard InChI is InChI=1S/C19H23N7O2S/c20-19-23-17(13-18(24-19)26-12-4-9-22-26)21-14-15-5-7-16(8-6-15)29(27,28)25-10-2-1-3-11-25/h4-9,12-13H,1-3,10-11,14H2,(H3,20,21,23,24). The van der Waals surface area contributed by atoms with Crippen LogP contribution in [0, 0.1) is 0 Å². The first-order valence-corrected chi connectivity index (χ1v) is 10.9. The van der Waals surface area contributed by atoms with Gasteiger partial charge in [-0.2, -0.15) is 19.4 Å². The van der Waals surface area contributed by atoms with Crippen LogP contribution in [-0.2, 0) is 16.6 Å². The first kappa shape index (κ1) is 19.3. The molecule has 9 nitrogen and oxygen atoms in total. The molecule has 3 aromatic rings. The van der Waals surface area contributed by atoms with Gasteiger partial charge in [0.15, 0.2) is 5.82 Å². The lowest BCUT2D eigenvalue weighted by Crippen LogP contribution is -2.35. The van der Waals surface area contributed by atoms with Gasteiger partial charge >= 0.3 is 0 Å². The molecule has 2 aromatic heterocycles. The van der Waals surface area contributed by atoms with Crippen molar-refractivity contribution in [2.45, 2.75) is 30.7 Å². The Labute approximate surface area is 169 Å². The molecule has 0 bridgehead atoms. The Morgan fingerprint density at radius 2 is 1.83 bits per heavy atom. The maximum absolute atomic E-state index is 12.7. The second-order valence-electron chi connectivity index (χ2n) is 6.88. The number of hydrogen-bond donors (Lipinski definition) is 2. The van der Waals surface area contributed by atoms with Crippen molar-refractivity contribution in [2.24, 2.45) is 0 Å². The summed E-state index contributed by atoms with van der Waals surface area (Å²) in [5.74, 6) is 1.27. The molecule has 0 saturated carbocycles. The Hall–Kier alpha value is -2.98. The van der Waals surface area contributed by atoms with Gasteiger partial charge in [-0.3, -0.25) is 0 Å². The van der Waals surface area contributed by atoms with Crippen LogP contribution >= 0.6 is 0 Å². The highest BCUT2D eigenvalue weighted by atomic mass is 32.2. The SMILES string of the molecule is Nc1nc(NCc2ccc(S(=O)(=O)N3CCCCC3)cc2)cc(-n2cccn2)n1. The van der Waals surface area contributed by atoms with E-state index in [9.17, 15) is 8.42 Å². The molecule has 1 fully saturated rings. The van der Waals surface area contributed by atoms with Crippen LogP contribution < -0.4 is 11.1 Å². The van der Waals surface area contributed by atoms with Gasteiger partial charge in [0.2, 0.25) is 16.0 Å². The summed E-state index contributed by atoms with van der Waals surface area (Å²) in [7, 11) is -3.42. The molecule has 3 N–H and O–H groups in total. The molecular weight excluding hydrogens is 390 g/mol. The molecule has 0 aliphatic carbocycles. The number of nitrogens with one attached hydrogen (secondary N) is 1. The third-order valence-corrected chi connectivity index (χ3v) is 6.73. The molecule has 0 amide bonds. The van der Waals surface area contributed by atoms with E-state index in [1.807, 2.05) is 12.1 Å². The van der Waals surface area contributed by atoms with Gasteiger partial charge in [0.25, 0.3) is 0 Å². The van der Waals surface area contributed by atoms with Crippen LogP contribution in [0.15, 0.2) is 53.7 Å². The van der Waals surface area contributed by atoms with Crippen LogP contribution in [0.4, 0.5) is 11.8 Å². The maximum Gasteiger partial charge on any atom is 0.243 e. The number of nitrogen functional groups attached to an aromatic ring is 1. The number of rotatable bonds is 6. The van der Waals surface area contributed by atoms with Gasteiger partial charge in [0.05, 0.1) is 4.90 Å². The highest BCUT2D eigenvalue weighted by Gasteiger charge is 2.25. The predicted octanol–water partition coefficient (Wildman–Crippen LogP) is 2.03. The average Bonchev–Trinajstić information content (AvgIpc) is 3.28. The van der Waals surface area contributed by atoms with Crippen LogP contribution in [0.3, 0.4) is 0 Å². The Morgan fingerprint density at radius 3 is 2.52 bits per heavy atom. The molecule has 0 spiro atoms. The third-order valence-electron chi connectivity index (χ3n) is 4.82. The zero-order valence-corrected chi connectivity index (χ0v) is 16.7. The minimum absolute atomic E-state index is 0.142. The number of nitrogens with zero attached hydrogens (tertiary/aromatic N) is 5. The van der Waals surface area contributed by atoms with E-state index in [0.717, 1.165) is 24.8 Å². The van der Waals surface area contributed by atoms with E-state index < -0.39 is 10.0 Å². The number of hydrogen-bond acceptors (Lipinski definition) is 7. The number of sulfonamides is 1. The molecule has 3 heterocycles. The number of nitrogens with two attached hydrogens (primary N) is 1. The predicted molar refractivity (Wildman–Crippen MR) is 110 cm³/mol. The van der Waals surface area contributed by atoms with Crippen LogP contribution in [0.2, 0.25) is 0 Å². The van der Waals surface area contributed by atoms with Crippen molar-refractivity contribution >= 4 is 21.8 Å². The summed E-state index contributed by atoms with van der Waals surface area (Å²) in [4.78, 5) is 8.69.